The molecule has 6 heteroatoms. The number of amides is 2. The molecule has 2 N–H and O–H groups in total. The fourth-order valence-electron chi connectivity index (χ4n) is 2.95. The molecule has 0 saturated heterocycles. The zero-order chi connectivity index (χ0) is 23.0. The van der Waals surface area contributed by atoms with Gasteiger partial charge in [-0.15, -0.1) is 0 Å². The van der Waals surface area contributed by atoms with Crippen molar-refractivity contribution in [2.24, 2.45) is 0 Å². The lowest BCUT2D eigenvalue weighted by Gasteiger charge is -2.20. The number of carbonyl (C=O) groups is 1. The zero-order valence-corrected chi connectivity index (χ0v) is 20.2. The van der Waals surface area contributed by atoms with Gasteiger partial charge in [0, 0.05) is 12.2 Å². The summed E-state index contributed by atoms with van der Waals surface area (Å²) in [5, 5.41) is 5.66. The van der Waals surface area contributed by atoms with Crippen molar-refractivity contribution < 1.29 is 14.3 Å². The molecule has 0 saturated carbocycles. The fraction of sp³-hybridized carbons (Fsp3) is 0.269. The van der Waals surface area contributed by atoms with Crippen LogP contribution in [0, 0.1) is 0 Å². The zero-order valence-electron chi connectivity index (χ0n) is 18.7. The normalized spacial score (nSPS) is 11.0. The second kappa shape index (κ2) is 11.0. The Hall–Kier alpha value is -2.99. The summed E-state index contributed by atoms with van der Waals surface area (Å²) >= 11 is 3.58. The maximum absolute atomic E-state index is 12.1. The van der Waals surface area contributed by atoms with Gasteiger partial charge in [-0.1, -0.05) is 45.0 Å². The van der Waals surface area contributed by atoms with Crippen molar-refractivity contribution in [2.45, 2.75) is 32.6 Å². The fourth-order valence-corrected chi connectivity index (χ4v) is 3.44. The molecule has 3 aromatic rings. The molecule has 5 nitrogen and oxygen atoms in total. The van der Waals surface area contributed by atoms with Crippen molar-refractivity contribution >= 4 is 27.6 Å². The van der Waals surface area contributed by atoms with Crippen molar-refractivity contribution in [3.05, 3.63) is 82.8 Å². The van der Waals surface area contributed by atoms with E-state index in [1.54, 1.807) is 12.1 Å². The lowest BCUT2D eigenvalue weighted by molar-refractivity contribution is 0.250. The first-order valence-corrected chi connectivity index (χ1v) is 11.4. The second-order valence-corrected chi connectivity index (χ2v) is 9.27. The molecule has 0 aliphatic carbocycles. The number of nitrogens with one attached hydrogen (secondary N) is 2. The number of hydrogen-bond acceptors (Lipinski definition) is 3. The second-order valence-electron chi connectivity index (χ2n) is 8.42. The molecule has 0 aromatic heterocycles. The minimum atomic E-state index is -0.252. The number of halogens is 1. The van der Waals surface area contributed by atoms with E-state index >= 15 is 0 Å². The van der Waals surface area contributed by atoms with E-state index in [-0.39, 0.29) is 11.4 Å². The van der Waals surface area contributed by atoms with Gasteiger partial charge in [0.15, 0.2) is 0 Å². The van der Waals surface area contributed by atoms with E-state index in [2.05, 4.69) is 59.5 Å². The average Bonchev–Trinajstić information content (AvgIpc) is 2.76. The Kier molecular flexibility index (Phi) is 8.17. The number of para-hydroxylation sites is 1. The monoisotopic (exact) mass is 496 g/mol. The highest BCUT2D eigenvalue weighted by Crippen LogP contribution is 2.31. The predicted octanol–water partition coefficient (Wildman–Crippen LogP) is 7.13. The van der Waals surface area contributed by atoms with Gasteiger partial charge >= 0.3 is 6.03 Å². The third kappa shape index (κ3) is 7.31. The molecule has 0 aliphatic rings. The van der Waals surface area contributed by atoms with E-state index in [4.69, 9.17) is 9.47 Å². The molecule has 3 aromatic carbocycles. The quantitative estimate of drug-likeness (QED) is 0.326. The SMILES string of the molecule is CC(C)(C)c1ccc(OCCCNC(=O)Nc2ccc(Oc3ccccc3)cc2)c(Br)c1. The predicted molar refractivity (Wildman–Crippen MR) is 133 cm³/mol. The lowest BCUT2D eigenvalue weighted by Crippen LogP contribution is -2.30. The highest BCUT2D eigenvalue weighted by atomic mass is 79.9. The first-order chi connectivity index (χ1) is 15.3. The van der Waals surface area contributed by atoms with Crippen molar-refractivity contribution in [3.8, 4) is 17.2 Å². The molecule has 168 valence electrons. The number of hydrogen-bond donors (Lipinski definition) is 2. The van der Waals surface area contributed by atoms with Gasteiger partial charge < -0.3 is 20.1 Å². The van der Waals surface area contributed by atoms with Crippen molar-refractivity contribution in [1.82, 2.24) is 5.32 Å². The van der Waals surface area contributed by atoms with E-state index in [1.165, 1.54) is 5.56 Å². The summed E-state index contributed by atoms with van der Waals surface area (Å²) in [6.45, 7) is 7.56. The number of benzene rings is 3. The maximum atomic E-state index is 12.1. The molecule has 2 amide bonds. The molecule has 3 rings (SSSR count). The molecule has 0 bridgehead atoms. The molecule has 0 fully saturated rings. The maximum Gasteiger partial charge on any atom is 0.319 e. The van der Waals surface area contributed by atoms with Gasteiger partial charge in [0.1, 0.15) is 17.2 Å². The average molecular weight is 497 g/mol. The number of ether oxygens (including phenoxy) is 2. The van der Waals surface area contributed by atoms with Crippen LogP contribution in [-0.4, -0.2) is 19.2 Å². The van der Waals surface area contributed by atoms with Crippen molar-refractivity contribution in [3.63, 3.8) is 0 Å². The highest BCUT2D eigenvalue weighted by molar-refractivity contribution is 9.10. The summed E-state index contributed by atoms with van der Waals surface area (Å²) in [6.07, 6.45) is 0.699. The Labute approximate surface area is 198 Å². The smallest absolute Gasteiger partial charge is 0.319 e. The molecule has 0 heterocycles. The van der Waals surface area contributed by atoms with E-state index in [9.17, 15) is 4.79 Å². The van der Waals surface area contributed by atoms with Crippen LogP contribution in [0.25, 0.3) is 0 Å². The van der Waals surface area contributed by atoms with Crippen LogP contribution in [0.3, 0.4) is 0 Å². The van der Waals surface area contributed by atoms with Gasteiger partial charge in [-0.25, -0.2) is 4.79 Å². The molecular formula is C26H29BrN2O3. The van der Waals surface area contributed by atoms with Crippen molar-refractivity contribution in [1.29, 1.82) is 0 Å². The van der Waals surface area contributed by atoms with Gasteiger partial charge in [-0.3, -0.25) is 0 Å². The molecule has 0 aliphatic heterocycles. The Bertz CT molecular complexity index is 1020. The van der Waals surface area contributed by atoms with Gasteiger partial charge in [-0.2, -0.15) is 0 Å². The van der Waals surface area contributed by atoms with Gasteiger partial charge in [0.05, 0.1) is 11.1 Å². The first-order valence-electron chi connectivity index (χ1n) is 10.6. The highest BCUT2D eigenvalue weighted by Gasteiger charge is 2.15. The van der Waals surface area contributed by atoms with E-state index < -0.39 is 0 Å². The summed E-state index contributed by atoms with van der Waals surface area (Å²) in [5.41, 5.74) is 2.03. The van der Waals surface area contributed by atoms with E-state index in [0.717, 1.165) is 16.0 Å². The summed E-state index contributed by atoms with van der Waals surface area (Å²) < 4.78 is 12.5. The third-order valence-corrected chi connectivity index (χ3v) is 5.37. The standard InChI is InChI=1S/C26H29BrN2O3/c1-26(2,3)19-10-15-24(23(27)18-19)31-17-7-16-28-25(30)29-20-11-13-22(14-12-20)32-21-8-5-4-6-9-21/h4-6,8-15,18H,7,16-17H2,1-3H3,(H2,28,29,30). The molecule has 0 spiro atoms. The van der Waals surface area contributed by atoms with Crippen LogP contribution in [-0.2, 0) is 5.41 Å². The van der Waals surface area contributed by atoms with Crippen LogP contribution >= 0.6 is 15.9 Å². The number of urea groups is 1. The Morgan fingerprint density at radius 2 is 1.62 bits per heavy atom. The van der Waals surface area contributed by atoms with Crippen LogP contribution in [0.4, 0.5) is 10.5 Å². The lowest BCUT2D eigenvalue weighted by atomic mass is 9.87. The van der Waals surface area contributed by atoms with Crippen LogP contribution in [0.1, 0.15) is 32.8 Å². The van der Waals surface area contributed by atoms with Gasteiger partial charge in [0.25, 0.3) is 0 Å². The summed E-state index contributed by atoms with van der Waals surface area (Å²) in [6, 6.07) is 22.7. The third-order valence-electron chi connectivity index (χ3n) is 4.75. The number of anilines is 1. The molecule has 0 radical (unpaired) electrons. The summed E-state index contributed by atoms with van der Waals surface area (Å²) in [4.78, 5) is 12.1. The van der Waals surface area contributed by atoms with E-state index in [1.807, 2.05) is 48.5 Å². The molecule has 32 heavy (non-hydrogen) atoms. The largest absolute Gasteiger partial charge is 0.492 e. The number of rotatable bonds is 8. The van der Waals surface area contributed by atoms with Gasteiger partial charge in [0.2, 0.25) is 0 Å². The van der Waals surface area contributed by atoms with Crippen LogP contribution in [0.5, 0.6) is 17.2 Å². The van der Waals surface area contributed by atoms with E-state index in [0.29, 0.717) is 31.0 Å². The Morgan fingerprint density at radius 3 is 2.28 bits per heavy atom. The Morgan fingerprint density at radius 1 is 0.938 bits per heavy atom. The first kappa shape index (κ1) is 23.7. The van der Waals surface area contributed by atoms with Crippen LogP contribution < -0.4 is 20.1 Å². The summed E-state index contributed by atoms with van der Waals surface area (Å²) in [7, 11) is 0. The number of carbonyl (C=O) groups excluding carboxylic acids is 1. The minimum absolute atomic E-state index is 0.0908. The molecule has 0 atom stereocenters. The van der Waals surface area contributed by atoms with Crippen molar-refractivity contribution in [2.75, 3.05) is 18.5 Å². The topological polar surface area (TPSA) is 59.6 Å². The molecular weight excluding hydrogens is 468 g/mol. The minimum Gasteiger partial charge on any atom is -0.492 e. The van der Waals surface area contributed by atoms with Gasteiger partial charge in [-0.05, 0) is 81.9 Å². The van der Waals surface area contributed by atoms with Crippen LogP contribution in [0.15, 0.2) is 77.3 Å². The Balaban J connectivity index is 1.36. The summed E-state index contributed by atoms with van der Waals surface area (Å²) in [5.74, 6) is 2.28. The molecule has 0 unspecified atom stereocenters. The van der Waals surface area contributed by atoms with Crippen LogP contribution in [0.2, 0.25) is 0 Å².